The van der Waals surface area contributed by atoms with Crippen LogP contribution in [0.15, 0.2) is 18.2 Å². The molecule has 1 saturated carbocycles. The van der Waals surface area contributed by atoms with Gasteiger partial charge in [-0.1, -0.05) is 49.4 Å². The fraction of sp³-hybridized carbons (Fsp3) is 0.611. The zero-order valence-corrected chi connectivity index (χ0v) is 13.0. The molecule has 2 heteroatoms. The minimum Gasteiger partial charge on any atom is -0.305 e. The van der Waals surface area contributed by atoms with E-state index in [1.54, 1.807) is 0 Å². The van der Waals surface area contributed by atoms with Crippen LogP contribution in [0, 0.1) is 13.8 Å². The van der Waals surface area contributed by atoms with E-state index in [0.29, 0.717) is 6.04 Å². The third-order valence-electron chi connectivity index (χ3n) is 4.38. The molecule has 1 aliphatic rings. The Labute approximate surface area is 123 Å². The number of hydrogen-bond acceptors (Lipinski definition) is 2. The Morgan fingerprint density at radius 1 is 1.15 bits per heavy atom. The molecule has 1 unspecified atom stereocenters. The molecule has 0 bridgehead atoms. The molecule has 1 fully saturated rings. The molecule has 0 aliphatic heterocycles. The predicted molar refractivity (Wildman–Crippen MR) is 84.3 cm³/mol. The van der Waals surface area contributed by atoms with Crippen molar-refractivity contribution in [3.8, 4) is 0 Å². The van der Waals surface area contributed by atoms with Gasteiger partial charge in [0.15, 0.2) is 5.78 Å². The Morgan fingerprint density at radius 2 is 1.80 bits per heavy atom. The first-order chi connectivity index (χ1) is 9.58. The van der Waals surface area contributed by atoms with E-state index in [-0.39, 0.29) is 11.8 Å². The highest BCUT2D eigenvalue weighted by Crippen LogP contribution is 2.19. The lowest BCUT2D eigenvalue weighted by Crippen LogP contribution is -2.41. The van der Waals surface area contributed by atoms with Gasteiger partial charge in [0.25, 0.3) is 0 Å². The molecule has 110 valence electrons. The third kappa shape index (κ3) is 3.92. The molecule has 1 aromatic carbocycles. The van der Waals surface area contributed by atoms with Gasteiger partial charge in [-0.2, -0.15) is 0 Å². The van der Waals surface area contributed by atoms with E-state index in [1.807, 2.05) is 26.0 Å². The maximum atomic E-state index is 12.6. The fourth-order valence-electron chi connectivity index (χ4n) is 3.20. The summed E-state index contributed by atoms with van der Waals surface area (Å²) >= 11 is 0. The van der Waals surface area contributed by atoms with Gasteiger partial charge in [0, 0.05) is 11.6 Å². The van der Waals surface area contributed by atoms with Gasteiger partial charge in [0.2, 0.25) is 0 Å². The highest BCUT2D eigenvalue weighted by atomic mass is 16.1. The standard InChI is InChI=1S/C18H27NO/c1-13-10-11-17(14(2)12-13)18(20)15(3)19-16-8-6-4-5-7-9-16/h10-12,15-16,19H,4-9H2,1-3H3. The number of hydrogen-bond donors (Lipinski definition) is 1. The number of carbonyl (C=O) groups excluding carboxylic acids is 1. The van der Waals surface area contributed by atoms with Crippen molar-refractivity contribution in [2.45, 2.75) is 71.4 Å². The van der Waals surface area contributed by atoms with Crippen molar-refractivity contribution in [1.29, 1.82) is 0 Å². The van der Waals surface area contributed by atoms with E-state index in [9.17, 15) is 4.79 Å². The summed E-state index contributed by atoms with van der Waals surface area (Å²) in [4.78, 5) is 12.6. The molecule has 0 heterocycles. The van der Waals surface area contributed by atoms with Crippen LogP contribution in [0.5, 0.6) is 0 Å². The summed E-state index contributed by atoms with van der Waals surface area (Å²) in [7, 11) is 0. The SMILES string of the molecule is Cc1ccc(C(=O)C(C)NC2CCCCCC2)c(C)c1. The molecule has 2 rings (SSSR count). The molecular weight excluding hydrogens is 246 g/mol. The number of nitrogens with one attached hydrogen (secondary N) is 1. The van der Waals surface area contributed by atoms with E-state index in [1.165, 1.54) is 44.1 Å². The second-order valence-electron chi connectivity index (χ2n) is 6.26. The van der Waals surface area contributed by atoms with Gasteiger partial charge in [0.1, 0.15) is 0 Å². The van der Waals surface area contributed by atoms with Crippen LogP contribution in [-0.2, 0) is 0 Å². The Balaban J connectivity index is 2.00. The minimum absolute atomic E-state index is 0.0838. The van der Waals surface area contributed by atoms with Crippen LogP contribution in [0.1, 0.15) is 66.9 Å². The topological polar surface area (TPSA) is 29.1 Å². The summed E-state index contributed by atoms with van der Waals surface area (Å²) in [6.07, 6.45) is 7.70. The van der Waals surface area contributed by atoms with Gasteiger partial charge >= 0.3 is 0 Å². The Bertz CT molecular complexity index is 458. The van der Waals surface area contributed by atoms with E-state index < -0.39 is 0 Å². The summed E-state index contributed by atoms with van der Waals surface area (Å²) in [5, 5.41) is 3.55. The Kier molecular flexibility index (Phi) is 5.36. The number of aryl methyl sites for hydroxylation is 2. The van der Waals surface area contributed by atoms with Crippen LogP contribution in [0.4, 0.5) is 0 Å². The Morgan fingerprint density at radius 3 is 2.40 bits per heavy atom. The van der Waals surface area contributed by atoms with Crippen LogP contribution in [0.2, 0.25) is 0 Å². The monoisotopic (exact) mass is 273 g/mol. The third-order valence-corrected chi connectivity index (χ3v) is 4.38. The van der Waals surface area contributed by atoms with Crippen LogP contribution < -0.4 is 5.32 Å². The molecule has 0 radical (unpaired) electrons. The Hall–Kier alpha value is -1.15. The molecule has 1 aromatic rings. The number of Topliss-reactive ketones (excluding diaryl/α,β-unsaturated/α-hetero) is 1. The van der Waals surface area contributed by atoms with Gasteiger partial charge in [0.05, 0.1) is 6.04 Å². The summed E-state index contributed by atoms with van der Waals surface area (Å²) in [6.45, 7) is 6.10. The lowest BCUT2D eigenvalue weighted by atomic mass is 9.97. The van der Waals surface area contributed by atoms with Crippen LogP contribution >= 0.6 is 0 Å². The second-order valence-corrected chi connectivity index (χ2v) is 6.26. The number of carbonyl (C=O) groups is 1. The average molecular weight is 273 g/mol. The van der Waals surface area contributed by atoms with Crippen molar-refractivity contribution < 1.29 is 4.79 Å². The molecule has 1 atom stereocenters. The normalized spacial score (nSPS) is 18.6. The first kappa shape index (κ1) is 15.2. The van der Waals surface area contributed by atoms with Gasteiger partial charge in [-0.05, 0) is 39.2 Å². The molecule has 1 N–H and O–H groups in total. The molecule has 20 heavy (non-hydrogen) atoms. The highest BCUT2D eigenvalue weighted by molar-refractivity contribution is 6.01. The number of rotatable bonds is 4. The van der Waals surface area contributed by atoms with Crippen molar-refractivity contribution in [2.24, 2.45) is 0 Å². The molecule has 0 aromatic heterocycles. The lowest BCUT2D eigenvalue weighted by molar-refractivity contribution is 0.0942. The fourth-order valence-corrected chi connectivity index (χ4v) is 3.20. The smallest absolute Gasteiger partial charge is 0.179 e. The van der Waals surface area contributed by atoms with Crippen LogP contribution in [0.25, 0.3) is 0 Å². The van der Waals surface area contributed by atoms with E-state index >= 15 is 0 Å². The number of benzene rings is 1. The zero-order valence-electron chi connectivity index (χ0n) is 13.0. The molecular formula is C18H27NO. The summed E-state index contributed by atoms with van der Waals surface area (Å²) in [5.41, 5.74) is 3.16. The summed E-state index contributed by atoms with van der Waals surface area (Å²) in [5.74, 6) is 0.228. The van der Waals surface area contributed by atoms with Crippen molar-refractivity contribution >= 4 is 5.78 Å². The minimum atomic E-state index is -0.0838. The molecule has 0 spiro atoms. The first-order valence-corrected chi connectivity index (χ1v) is 7.95. The maximum absolute atomic E-state index is 12.6. The van der Waals surface area contributed by atoms with E-state index in [2.05, 4.69) is 18.3 Å². The van der Waals surface area contributed by atoms with Crippen LogP contribution in [-0.4, -0.2) is 17.9 Å². The molecule has 2 nitrogen and oxygen atoms in total. The second kappa shape index (κ2) is 7.03. The summed E-state index contributed by atoms with van der Waals surface area (Å²) in [6, 6.07) is 6.52. The zero-order chi connectivity index (χ0) is 14.5. The largest absolute Gasteiger partial charge is 0.305 e. The molecule has 0 saturated heterocycles. The summed E-state index contributed by atoms with van der Waals surface area (Å²) < 4.78 is 0. The maximum Gasteiger partial charge on any atom is 0.179 e. The predicted octanol–water partition coefficient (Wildman–Crippen LogP) is 4.19. The van der Waals surface area contributed by atoms with Gasteiger partial charge in [-0.25, -0.2) is 0 Å². The van der Waals surface area contributed by atoms with E-state index in [0.717, 1.165) is 11.1 Å². The average Bonchev–Trinajstić information content (AvgIpc) is 2.66. The molecule has 1 aliphatic carbocycles. The van der Waals surface area contributed by atoms with Crippen LogP contribution in [0.3, 0.4) is 0 Å². The first-order valence-electron chi connectivity index (χ1n) is 7.95. The van der Waals surface area contributed by atoms with E-state index in [4.69, 9.17) is 0 Å². The van der Waals surface area contributed by atoms with Crippen molar-refractivity contribution in [2.75, 3.05) is 0 Å². The lowest BCUT2D eigenvalue weighted by Gasteiger charge is -2.22. The van der Waals surface area contributed by atoms with Gasteiger partial charge in [-0.15, -0.1) is 0 Å². The van der Waals surface area contributed by atoms with Gasteiger partial charge < -0.3 is 5.32 Å². The quantitative estimate of drug-likeness (QED) is 0.658. The van der Waals surface area contributed by atoms with Crippen molar-refractivity contribution in [3.05, 3.63) is 34.9 Å². The number of ketones is 1. The highest BCUT2D eigenvalue weighted by Gasteiger charge is 2.21. The molecule has 0 amide bonds. The van der Waals surface area contributed by atoms with Gasteiger partial charge in [-0.3, -0.25) is 4.79 Å². The van der Waals surface area contributed by atoms with Crippen molar-refractivity contribution in [1.82, 2.24) is 5.32 Å². The van der Waals surface area contributed by atoms with Crippen molar-refractivity contribution in [3.63, 3.8) is 0 Å².